The highest BCUT2D eigenvalue weighted by molar-refractivity contribution is 7.94. The Bertz CT molecular complexity index is 1270. The van der Waals surface area contributed by atoms with E-state index in [0.717, 1.165) is 43.0 Å². The number of rotatable bonds is 6. The average Bonchev–Trinajstić information content (AvgIpc) is 3.32. The molecule has 1 fully saturated rings. The van der Waals surface area contributed by atoms with E-state index in [4.69, 9.17) is 27.9 Å². The predicted molar refractivity (Wildman–Crippen MR) is 123 cm³/mol. The van der Waals surface area contributed by atoms with Gasteiger partial charge in [-0.25, -0.2) is 17.2 Å². The van der Waals surface area contributed by atoms with Gasteiger partial charge in [0.15, 0.2) is 11.6 Å². The molecule has 32 heavy (non-hydrogen) atoms. The number of likely N-dealkylation sites (N-methyl/N-ethyl adjacent to an activating group) is 1. The molecule has 0 aliphatic carbocycles. The molecule has 4 rings (SSSR count). The minimum absolute atomic E-state index is 0.0286. The van der Waals surface area contributed by atoms with Gasteiger partial charge in [0.05, 0.1) is 10.7 Å². The molecule has 3 aromatic rings. The molecule has 0 amide bonds. The second-order valence-electron chi connectivity index (χ2n) is 7.42. The number of hydrogen-bond acceptors (Lipinski definition) is 5. The highest BCUT2D eigenvalue weighted by Crippen LogP contribution is 2.39. The first-order valence-electron chi connectivity index (χ1n) is 9.55. The molecule has 2 heterocycles. The van der Waals surface area contributed by atoms with Gasteiger partial charge >= 0.3 is 0 Å². The van der Waals surface area contributed by atoms with Crippen molar-refractivity contribution in [2.45, 2.75) is 16.7 Å². The summed E-state index contributed by atoms with van der Waals surface area (Å²) in [7, 11) is -2.00. The van der Waals surface area contributed by atoms with E-state index in [2.05, 4.69) is 9.62 Å². The largest absolute Gasteiger partial charge is 0.487 e. The van der Waals surface area contributed by atoms with Gasteiger partial charge in [-0.1, -0.05) is 29.3 Å². The molecular weight excluding hydrogens is 501 g/mol. The predicted octanol–water partition coefficient (Wildman–Crippen LogP) is 5.88. The molecule has 1 saturated heterocycles. The summed E-state index contributed by atoms with van der Waals surface area (Å²) >= 11 is 13.2. The van der Waals surface area contributed by atoms with Crippen LogP contribution in [0.25, 0.3) is 11.1 Å². The van der Waals surface area contributed by atoms with Crippen LogP contribution in [-0.4, -0.2) is 39.6 Å². The number of halogens is 4. The molecule has 170 valence electrons. The molecule has 11 heteroatoms. The normalized spacial score (nSPS) is 17.0. The van der Waals surface area contributed by atoms with Crippen LogP contribution in [0, 0.1) is 11.6 Å². The molecule has 0 radical (unpaired) electrons. The van der Waals surface area contributed by atoms with Crippen molar-refractivity contribution in [3.63, 3.8) is 0 Å². The topological polar surface area (TPSA) is 58.6 Å². The molecule has 1 aliphatic rings. The van der Waals surface area contributed by atoms with E-state index in [-0.39, 0.29) is 25.9 Å². The number of sulfonamides is 1. The lowest BCUT2D eigenvalue weighted by molar-refractivity contribution is 0.208. The van der Waals surface area contributed by atoms with E-state index in [1.807, 2.05) is 7.05 Å². The molecule has 1 aromatic heterocycles. The first-order valence-corrected chi connectivity index (χ1v) is 12.6. The quantitative estimate of drug-likeness (QED) is 0.442. The summed E-state index contributed by atoms with van der Waals surface area (Å²) in [6, 6.07) is 9.20. The van der Waals surface area contributed by atoms with Crippen molar-refractivity contribution < 1.29 is 21.9 Å². The highest BCUT2D eigenvalue weighted by Gasteiger charge is 2.24. The second kappa shape index (κ2) is 9.15. The highest BCUT2D eigenvalue weighted by atomic mass is 35.5. The Hall–Kier alpha value is -1.91. The van der Waals surface area contributed by atoms with Crippen molar-refractivity contribution in [2.75, 3.05) is 24.9 Å². The van der Waals surface area contributed by atoms with Gasteiger partial charge < -0.3 is 9.64 Å². The van der Waals surface area contributed by atoms with E-state index in [0.29, 0.717) is 16.3 Å². The maximum absolute atomic E-state index is 13.6. The summed E-state index contributed by atoms with van der Waals surface area (Å²) in [5, 5.41) is 0.377. The van der Waals surface area contributed by atoms with Gasteiger partial charge in [0, 0.05) is 24.7 Å². The van der Waals surface area contributed by atoms with Gasteiger partial charge in [-0.3, -0.25) is 4.72 Å². The van der Waals surface area contributed by atoms with Crippen LogP contribution < -0.4 is 9.46 Å². The Morgan fingerprint density at radius 1 is 1.12 bits per heavy atom. The number of nitrogens with zero attached hydrogens (tertiary/aromatic N) is 1. The summed E-state index contributed by atoms with van der Waals surface area (Å²) in [6.07, 6.45) is 0.822. The van der Waals surface area contributed by atoms with Crippen molar-refractivity contribution in [1.82, 2.24) is 4.90 Å². The molecule has 0 bridgehead atoms. The van der Waals surface area contributed by atoms with Crippen LogP contribution in [0.2, 0.25) is 9.36 Å². The number of benzene rings is 2. The lowest BCUT2D eigenvalue weighted by Gasteiger charge is -2.16. The molecular formula is C21H18Cl2F2N2O3S2. The second-order valence-corrected chi connectivity index (χ2v) is 11.4. The zero-order valence-electron chi connectivity index (χ0n) is 16.7. The monoisotopic (exact) mass is 518 g/mol. The van der Waals surface area contributed by atoms with Crippen LogP contribution >= 0.6 is 34.5 Å². The first-order chi connectivity index (χ1) is 15.1. The minimum Gasteiger partial charge on any atom is -0.487 e. The number of hydrogen-bond donors (Lipinski definition) is 1. The minimum atomic E-state index is -4.00. The Morgan fingerprint density at radius 2 is 1.91 bits per heavy atom. The molecule has 1 N–H and O–H groups in total. The van der Waals surface area contributed by atoms with Crippen molar-refractivity contribution >= 4 is 50.2 Å². The van der Waals surface area contributed by atoms with Crippen LogP contribution in [0.15, 0.2) is 46.7 Å². The van der Waals surface area contributed by atoms with Gasteiger partial charge in [-0.2, -0.15) is 0 Å². The maximum Gasteiger partial charge on any atom is 0.271 e. The summed E-state index contributed by atoms with van der Waals surface area (Å²) in [4.78, 5) is 2.14. The summed E-state index contributed by atoms with van der Waals surface area (Å²) < 4.78 is 61.2. The smallest absolute Gasteiger partial charge is 0.271 e. The van der Waals surface area contributed by atoms with Crippen LogP contribution in [0.3, 0.4) is 0 Å². The van der Waals surface area contributed by atoms with E-state index in [1.165, 1.54) is 24.3 Å². The van der Waals surface area contributed by atoms with E-state index in [1.54, 1.807) is 6.07 Å². The summed E-state index contributed by atoms with van der Waals surface area (Å²) in [5.41, 5.74) is 0.839. The van der Waals surface area contributed by atoms with Crippen molar-refractivity contribution in [3.05, 3.63) is 63.5 Å². The molecule has 1 aliphatic heterocycles. The van der Waals surface area contributed by atoms with Crippen LogP contribution in [-0.2, 0) is 10.0 Å². The van der Waals surface area contributed by atoms with E-state index >= 15 is 0 Å². The Morgan fingerprint density at radius 3 is 2.59 bits per heavy atom. The van der Waals surface area contributed by atoms with Gasteiger partial charge in [-0.05, 0) is 49.4 Å². The van der Waals surface area contributed by atoms with Gasteiger partial charge in [0.25, 0.3) is 10.0 Å². The summed E-state index contributed by atoms with van der Waals surface area (Å²) in [5.74, 6) is -1.66. The lowest BCUT2D eigenvalue weighted by Crippen LogP contribution is -2.21. The Labute approximate surface area is 198 Å². The van der Waals surface area contributed by atoms with Crippen LogP contribution in [0.4, 0.5) is 14.5 Å². The molecule has 0 spiro atoms. The Kier molecular flexibility index (Phi) is 6.65. The molecule has 2 aromatic carbocycles. The fraction of sp³-hybridized carbons (Fsp3) is 0.238. The Balaban J connectivity index is 1.57. The molecule has 0 saturated carbocycles. The van der Waals surface area contributed by atoms with E-state index in [9.17, 15) is 17.2 Å². The number of nitrogens with one attached hydrogen (secondary N) is 1. The third-order valence-corrected chi connectivity index (χ3v) is 8.51. The zero-order valence-corrected chi connectivity index (χ0v) is 19.9. The lowest BCUT2D eigenvalue weighted by atomic mass is 10.1. The standard InChI is InChI=1S/C21H18Cl2F2N2O3S2/c1-27-7-6-14(11-27)30-19-9-13(3-4-16(19)22)26-32(28,29)20-10-15(21(23)31-20)12-2-5-17(24)18(25)8-12/h2-5,8-10,14,26H,6-7,11H2,1H3/t14-/m1/s1. The average molecular weight is 519 g/mol. The van der Waals surface area contributed by atoms with Gasteiger partial charge in [0.1, 0.15) is 20.4 Å². The van der Waals surface area contributed by atoms with Crippen molar-refractivity contribution in [2.24, 2.45) is 0 Å². The van der Waals surface area contributed by atoms with Crippen LogP contribution in [0.5, 0.6) is 5.75 Å². The first kappa shape index (κ1) is 23.3. The number of anilines is 1. The zero-order chi connectivity index (χ0) is 23.0. The van der Waals surface area contributed by atoms with Gasteiger partial charge in [-0.15, -0.1) is 11.3 Å². The third kappa shape index (κ3) is 5.02. The fourth-order valence-corrected chi connectivity index (χ4v) is 6.35. The van der Waals surface area contributed by atoms with Crippen LogP contribution in [0.1, 0.15) is 6.42 Å². The number of thiophene rings is 1. The SMILES string of the molecule is CN1CC[C@@H](Oc2cc(NS(=O)(=O)c3cc(-c4ccc(F)c(F)c4)c(Cl)s3)ccc2Cl)C1. The van der Waals surface area contributed by atoms with E-state index < -0.39 is 21.7 Å². The maximum atomic E-state index is 13.6. The number of likely N-dealkylation sites (tertiary alicyclic amines) is 1. The summed E-state index contributed by atoms with van der Waals surface area (Å²) in [6.45, 7) is 1.67. The fourth-order valence-electron chi connectivity index (χ4n) is 3.37. The third-order valence-electron chi connectivity index (χ3n) is 4.98. The van der Waals surface area contributed by atoms with Crippen molar-refractivity contribution in [3.8, 4) is 16.9 Å². The number of ether oxygens (including phenoxy) is 1. The molecule has 1 atom stereocenters. The molecule has 0 unspecified atom stereocenters. The van der Waals surface area contributed by atoms with Crippen molar-refractivity contribution in [1.29, 1.82) is 0 Å². The van der Waals surface area contributed by atoms with Gasteiger partial charge in [0.2, 0.25) is 0 Å². The molecule has 5 nitrogen and oxygen atoms in total.